The minimum Gasteiger partial charge on any atom is -0.261 e. The highest BCUT2D eigenvalue weighted by atomic mass is 19.1. The van der Waals surface area contributed by atoms with Crippen LogP contribution in [0, 0.1) is 5.82 Å². The molecule has 1 aromatic carbocycles. The van der Waals surface area contributed by atoms with Gasteiger partial charge in [-0.2, -0.15) is 5.10 Å². The van der Waals surface area contributed by atoms with Gasteiger partial charge < -0.3 is 0 Å². The molecular formula is C14H17FN2. The molecule has 1 heterocycles. The second-order valence-corrected chi connectivity index (χ2v) is 5.93. The zero-order valence-corrected chi connectivity index (χ0v) is 10.5. The Hall–Kier alpha value is -1.38. The standard InChI is InChI=1S/C14H17FN2/c1-14(2,3)11-6-7-12(15)10-8-16-17(13(10)11)9-4-5-9/h6-9H,4-5H2,1-3H3. The van der Waals surface area contributed by atoms with Gasteiger partial charge in [0.2, 0.25) is 0 Å². The third-order valence-corrected chi connectivity index (χ3v) is 3.40. The van der Waals surface area contributed by atoms with Gasteiger partial charge in [0.15, 0.2) is 0 Å². The molecule has 0 atom stereocenters. The van der Waals surface area contributed by atoms with E-state index in [0.29, 0.717) is 11.4 Å². The van der Waals surface area contributed by atoms with Crippen LogP contribution in [0.3, 0.4) is 0 Å². The second-order valence-electron chi connectivity index (χ2n) is 5.93. The lowest BCUT2D eigenvalue weighted by atomic mass is 9.85. The molecule has 0 amide bonds. The lowest BCUT2D eigenvalue weighted by Gasteiger charge is -2.21. The van der Waals surface area contributed by atoms with Crippen molar-refractivity contribution in [1.82, 2.24) is 9.78 Å². The first-order chi connectivity index (χ1) is 7.98. The van der Waals surface area contributed by atoms with Crippen molar-refractivity contribution in [2.45, 2.75) is 45.1 Å². The summed E-state index contributed by atoms with van der Waals surface area (Å²) < 4.78 is 15.8. The molecule has 2 aromatic rings. The van der Waals surface area contributed by atoms with E-state index in [9.17, 15) is 4.39 Å². The summed E-state index contributed by atoms with van der Waals surface area (Å²) >= 11 is 0. The number of nitrogens with zero attached hydrogens (tertiary/aromatic N) is 2. The number of hydrogen-bond donors (Lipinski definition) is 0. The van der Waals surface area contributed by atoms with Gasteiger partial charge in [0.05, 0.1) is 23.1 Å². The first-order valence-electron chi connectivity index (χ1n) is 6.14. The van der Waals surface area contributed by atoms with Crippen LogP contribution in [0.1, 0.15) is 45.2 Å². The summed E-state index contributed by atoms with van der Waals surface area (Å²) in [7, 11) is 0. The summed E-state index contributed by atoms with van der Waals surface area (Å²) in [6.45, 7) is 6.47. The van der Waals surface area contributed by atoms with E-state index >= 15 is 0 Å². The van der Waals surface area contributed by atoms with Crippen molar-refractivity contribution < 1.29 is 4.39 Å². The Morgan fingerprint density at radius 3 is 2.59 bits per heavy atom. The average Bonchev–Trinajstić information content (AvgIpc) is 2.97. The summed E-state index contributed by atoms with van der Waals surface area (Å²) in [5, 5.41) is 5.03. The molecule has 90 valence electrons. The molecule has 3 heteroatoms. The van der Waals surface area contributed by atoms with Crippen LogP contribution >= 0.6 is 0 Å². The first-order valence-corrected chi connectivity index (χ1v) is 6.14. The van der Waals surface area contributed by atoms with E-state index in [4.69, 9.17) is 0 Å². The van der Waals surface area contributed by atoms with Crippen molar-refractivity contribution in [2.24, 2.45) is 0 Å². The van der Waals surface area contributed by atoms with Gasteiger partial charge in [0, 0.05) is 0 Å². The molecule has 0 spiro atoms. The Kier molecular flexibility index (Phi) is 2.09. The van der Waals surface area contributed by atoms with Gasteiger partial charge in [0.25, 0.3) is 0 Å². The van der Waals surface area contributed by atoms with Gasteiger partial charge >= 0.3 is 0 Å². The van der Waals surface area contributed by atoms with E-state index in [1.807, 2.05) is 10.7 Å². The summed E-state index contributed by atoms with van der Waals surface area (Å²) in [5.41, 5.74) is 2.18. The molecule has 1 aromatic heterocycles. The van der Waals surface area contributed by atoms with Crippen molar-refractivity contribution in [3.63, 3.8) is 0 Å². The molecule has 0 unspecified atom stereocenters. The molecule has 0 saturated heterocycles. The minimum absolute atomic E-state index is 0.0125. The fourth-order valence-corrected chi connectivity index (χ4v) is 2.33. The fourth-order valence-electron chi connectivity index (χ4n) is 2.33. The van der Waals surface area contributed by atoms with Gasteiger partial charge in [-0.3, -0.25) is 4.68 Å². The molecule has 1 fully saturated rings. The van der Waals surface area contributed by atoms with Gasteiger partial charge in [-0.1, -0.05) is 26.8 Å². The predicted octanol–water partition coefficient (Wildman–Crippen LogP) is 3.81. The van der Waals surface area contributed by atoms with E-state index in [1.165, 1.54) is 5.56 Å². The molecular weight excluding hydrogens is 215 g/mol. The third-order valence-electron chi connectivity index (χ3n) is 3.40. The zero-order valence-electron chi connectivity index (χ0n) is 10.5. The largest absolute Gasteiger partial charge is 0.261 e. The minimum atomic E-state index is -0.167. The lowest BCUT2D eigenvalue weighted by molar-refractivity contribution is 0.580. The summed E-state index contributed by atoms with van der Waals surface area (Å²) in [5.74, 6) is -0.167. The van der Waals surface area contributed by atoms with Crippen LogP contribution in [0.2, 0.25) is 0 Å². The van der Waals surface area contributed by atoms with Gasteiger partial charge in [-0.05, 0) is 29.9 Å². The van der Waals surface area contributed by atoms with Crippen molar-refractivity contribution in [3.05, 3.63) is 29.7 Å². The molecule has 0 aliphatic heterocycles. The Bertz CT molecular complexity index is 574. The third kappa shape index (κ3) is 1.65. The van der Waals surface area contributed by atoms with Crippen molar-refractivity contribution in [3.8, 4) is 0 Å². The van der Waals surface area contributed by atoms with Crippen molar-refractivity contribution >= 4 is 10.9 Å². The molecule has 3 rings (SSSR count). The van der Waals surface area contributed by atoms with Crippen LogP contribution < -0.4 is 0 Å². The molecule has 17 heavy (non-hydrogen) atoms. The maximum Gasteiger partial charge on any atom is 0.134 e. The highest BCUT2D eigenvalue weighted by molar-refractivity contribution is 5.83. The number of aromatic nitrogens is 2. The van der Waals surface area contributed by atoms with Crippen LogP contribution in [0.5, 0.6) is 0 Å². The van der Waals surface area contributed by atoms with E-state index < -0.39 is 0 Å². The number of rotatable bonds is 1. The molecule has 1 aliphatic rings. The van der Waals surface area contributed by atoms with Crippen LogP contribution in [-0.2, 0) is 5.41 Å². The Labute approximate surface area is 100 Å². The van der Waals surface area contributed by atoms with Gasteiger partial charge in [0.1, 0.15) is 5.82 Å². The molecule has 1 aliphatic carbocycles. The second kappa shape index (κ2) is 3.31. The number of halogens is 1. The number of benzene rings is 1. The van der Waals surface area contributed by atoms with Crippen LogP contribution in [-0.4, -0.2) is 9.78 Å². The summed E-state index contributed by atoms with van der Waals surface area (Å²) in [4.78, 5) is 0. The monoisotopic (exact) mass is 232 g/mol. The Balaban J connectivity index is 2.34. The van der Waals surface area contributed by atoms with Crippen molar-refractivity contribution in [2.75, 3.05) is 0 Å². The smallest absolute Gasteiger partial charge is 0.134 e. The van der Waals surface area contributed by atoms with E-state index in [1.54, 1.807) is 12.3 Å². The lowest BCUT2D eigenvalue weighted by Crippen LogP contribution is -2.14. The summed E-state index contributed by atoms with van der Waals surface area (Å²) in [6.07, 6.45) is 3.99. The molecule has 0 bridgehead atoms. The first kappa shape index (κ1) is 10.8. The van der Waals surface area contributed by atoms with Crippen LogP contribution in [0.25, 0.3) is 10.9 Å². The maximum absolute atomic E-state index is 13.8. The predicted molar refractivity (Wildman–Crippen MR) is 66.7 cm³/mol. The van der Waals surface area contributed by atoms with Crippen LogP contribution in [0.15, 0.2) is 18.3 Å². The highest BCUT2D eigenvalue weighted by Gasteiger charge is 2.29. The number of hydrogen-bond acceptors (Lipinski definition) is 1. The fraction of sp³-hybridized carbons (Fsp3) is 0.500. The molecule has 0 N–H and O–H groups in total. The highest BCUT2D eigenvalue weighted by Crippen LogP contribution is 2.40. The van der Waals surface area contributed by atoms with Gasteiger partial charge in [-0.15, -0.1) is 0 Å². The average molecular weight is 232 g/mol. The van der Waals surface area contributed by atoms with E-state index in [0.717, 1.165) is 18.4 Å². The topological polar surface area (TPSA) is 17.8 Å². The quantitative estimate of drug-likeness (QED) is 0.731. The van der Waals surface area contributed by atoms with E-state index in [-0.39, 0.29) is 11.2 Å². The maximum atomic E-state index is 13.8. The zero-order chi connectivity index (χ0) is 12.2. The molecule has 1 saturated carbocycles. The van der Waals surface area contributed by atoms with Crippen LogP contribution in [0.4, 0.5) is 4.39 Å². The molecule has 2 nitrogen and oxygen atoms in total. The SMILES string of the molecule is CC(C)(C)c1ccc(F)c2cnn(C3CC3)c12. The normalized spacial score (nSPS) is 16.7. The Morgan fingerprint density at radius 2 is 2.00 bits per heavy atom. The number of fused-ring (bicyclic) bond motifs is 1. The Morgan fingerprint density at radius 1 is 1.29 bits per heavy atom. The summed E-state index contributed by atoms with van der Waals surface area (Å²) in [6, 6.07) is 3.94. The van der Waals surface area contributed by atoms with Gasteiger partial charge in [-0.25, -0.2) is 4.39 Å². The van der Waals surface area contributed by atoms with E-state index in [2.05, 4.69) is 25.9 Å². The van der Waals surface area contributed by atoms with Crippen molar-refractivity contribution in [1.29, 1.82) is 0 Å². The molecule has 0 radical (unpaired) electrons.